The number of anilines is 1. The predicted octanol–water partition coefficient (Wildman–Crippen LogP) is 2.75. The molecule has 1 aromatic heterocycles. The summed E-state index contributed by atoms with van der Waals surface area (Å²) in [4.78, 5) is 11.8. The zero-order valence-electron chi connectivity index (χ0n) is 10.0. The normalized spacial score (nSPS) is 10.3. The third-order valence-electron chi connectivity index (χ3n) is 2.50. The minimum Gasteiger partial charge on any atom is -0.318 e. The number of halogens is 1. The van der Waals surface area contributed by atoms with E-state index >= 15 is 0 Å². The molecule has 5 heteroatoms. The van der Waals surface area contributed by atoms with Gasteiger partial charge in [-0.2, -0.15) is 5.10 Å². The Morgan fingerprint density at radius 2 is 2.22 bits per heavy atom. The molecule has 0 bridgehead atoms. The number of carbonyl (C=O) groups excluding carboxylic acids is 1. The van der Waals surface area contributed by atoms with Crippen LogP contribution in [0.2, 0.25) is 0 Å². The molecule has 2 N–H and O–H groups in total. The van der Waals surface area contributed by atoms with E-state index in [9.17, 15) is 9.18 Å². The van der Waals surface area contributed by atoms with Gasteiger partial charge in [-0.05, 0) is 24.6 Å². The highest BCUT2D eigenvalue weighted by molar-refractivity contribution is 6.02. The Hall–Kier alpha value is -2.17. The highest BCUT2D eigenvalue weighted by Crippen LogP contribution is 2.13. The average Bonchev–Trinajstić information content (AvgIpc) is 2.81. The van der Waals surface area contributed by atoms with Crippen molar-refractivity contribution in [3.8, 4) is 0 Å². The molecule has 94 valence electrons. The molecule has 0 saturated carbocycles. The lowest BCUT2D eigenvalue weighted by Gasteiger charge is -2.03. The number of amides is 1. The maximum absolute atomic E-state index is 13.3. The average molecular weight is 247 g/mol. The van der Waals surface area contributed by atoms with E-state index < -0.39 is 11.7 Å². The Balaban J connectivity index is 2.10. The number of nitrogens with zero attached hydrogens (tertiary/aromatic N) is 1. The summed E-state index contributed by atoms with van der Waals surface area (Å²) in [6.45, 7) is 2.04. The van der Waals surface area contributed by atoms with Crippen molar-refractivity contribution >= 4 is 11.6 Å². The van der Waals surface area contributed by atoms with E-state index in [0.717, 1.165) is 18.5 Å². The van der Waals surface area contributed by atoms with Gasteiger partial charge in [-0.1, -0.05) is 25.5 Å². The monoisotopic (exact) mass is 247 g/mol. The topological polar surface area (TPSA) is 57.8 Å². The summed E-state index contributed by atoms with van der Waals surface area (Å²) in [6, 6.07) is 7.71. The van der Waals surface area contributed by atoms with Crippen molar-refractivity contribution in [3.63, 3.8) is 0 Å². The SMILES string of the molecule is CCCc1cc(C(=O)Nc2ccccc2F)n[nH]1. The molecule has 0 unspecified atom stereocenters. The van der Waals surface area contributed by atoms with Gasteiger partial charge in [-0.15, -0.1) is 0 Å². The molecule has 2 rings (SSSR count). The molecule has 1 aromatic carbocycles. The first-order valence-corrected chi connectivity index (χ1v) is 5.81. The van der Waals surface area contributed by atoms with E-state index in [4.69, 9.17) is 0 Å². The zero-order chi connectivity index (χ0) is 13.0. The van der Waals surface area contributed by atoms with Gasteiger partial charge in [-0.25, -0.2) is 4.39 Å². The molecule has 0 radical (unpaired) electrons. The maximum Gasteiger partial charge on any atom is 0.276 e. The highest BCUT2D eigenvalue weighted by atomic mass is 19.1. The van der Waals surface area contributed by atoms with Crippen molar-refractivity contribution in [1.29, 1.82) is 0 Å². The van der Waals surface area contributed by atoms with Crippen LogP contribution in [0.25, 0.3) is 0 Å². The lowest BCUT2D eigenvalue weighted by Crippen LogP contribution is -2.13. The van der Waals surface area contributed by atoms with Crippen LogP contribution in [0.4, 0.5) is 10.1 Å². The number of hydrogen-bond acceptors (Lipinski definition) is 2. The van der Waals surface area contributed by atoms with Crippen molar-refractivity contribution < 1.29 is 9.18 Å². The first-order chi connectivity index (χ1) is 8.70. The minimum absolute atomic E-state index is 0.155. The third-order valence-corrected chi connectivity index (χ3v) is 2.50. The van der Waals surface area contributed by atoms with Crippen LogP contribution in [0.5, 0.6) is 0 Å². The molecule has 0 atom stereocenters. The zero-order valence-corrected chi connectivity index (χ0v) is 10.0. The minimum atomic E-state index is -0.463. The third kappa shape index (κ3) is 2.74. The smallest absolute Gasteiger partial charge is 0.276 e. The van der Waals surface area contributed by atoms with Gasteiger partial charge in [0.05, 0.1) is 5.69 Å². The number of H-pyrrole nitrogens is 1. The number of aromatic nitrogens is 2. The molecule has 1 heterocycles. The van der Waals surface area contributed by atoms with Crippen molar-refractivity contribution in [3.05, 3.63) is 47.5 Å². The Morgan fingerprint density at radius 3 is 2.94 bits per heavy atom. The molecular weight excluding hydrogens is 233 g/mol. The summed E-state index contributed by atoms with van der Waals surface area (Å²) in [5.74, 6) is -0.881. The van der Waals surface area contributed by atoms with Gasteiger partial charge in [-0.3, -0.25) is 9.89 Å². The van der Waals surface area contributed by atoms with Crippen molar-refractivity contribution in [2.24, 2.45) is 0 Å². The highest BCUT2D eigenvalue weighted by Gasteiger charge is 2.12. The Bertz CT molecular complexity index is 551. The Kier molecular flexibility index (Phi) is 3.72. The van der Waals surface area contributed by atoms with Crippen LogP contribution >= 0.6 is 0 Å². The summed E-state index contributed by atoms with van der Waals surface area (Å²) in [5, 5.41) is 9.17. The van der Waals surface area contributed by atoms with E-state index in [2.05, 4.69) is 15.5 Å². The van der Waals surface area contributed by atoms with Crippen LogP contribution in [-0.2, 0) is 6.42 Å². The standard InChI is InChI=1S/C13H14FN3O/c1-2-5-9-8-12(17-16-9)13(18)15-11-7-4-3-6-10(11)14/h3-4,6-8H,2,5H2,1H3,(H,15,18)(H,16,17). The second-order valence-corrected chi connectivity index (χ2v) is 3.96. The number of nitrogens with one attached hydrogen (secondary N) is 2. The predicted molar refractivity (Wildman–Crippen MR) is 66.9 cm³/mol. The number of rotatable bonds is 4. The molecule has 4 nitrogen and oxygen atoms in total. The molecule has 0 saturated heterocycles. The molecule has 0 aliphatic heterocycles. The lowest BCUT2D eigenvalue weighted by atomic mass is 10.2. The first kappa shape index (κ1) is 12.3. The molecule has 1 amide bonds. The summed E-state index contributed by atoms with van der Waals surface area (Å²) in [5.41, 5.74) is 1.32. The fourth-order valence-electron chi connectivity index (χ4n) is 1.62. The van der Waals surface area contributed by atoms with Crippen LogP contribution in [-0.4, -0.2) is 16.1 Å². The quantitative estimate of drug-likeness (QED) is 0.872. The van der Waals surface area contributed by atoms with Crippen LogP contribution in [0, 0.1) is 5.82 Å². The number of benzene rings is 1. The van der Waals surface area contributed by atoms with E-state index in [1.807, 2.05) is 6.92 Å². The summed E-state index contributed by atoms with van der Waals surface area (Å²) in [6.07, 6.45) is 1.80. The Morgan fingerprint density at radius 1 is 1.44 bits per heavy atom. The molecule has 0 fully saturated rings. The number of aryl methyl sites for hydroxylation is 1. The number of para-hydroxylation sites is 1. The van der Waals surface area contributed by atoms with Crippen LogP contribution in [0.3, 0.4) is 0 Å². The van der Waals surface area contributed by atoms with Gasteiger partial charge in [0.1, 0.15) is 5.82 Å². The Labute approximate surface area is 104 Å². The number of carbonyl (C=O) groups is 1. The molecule has 0 spiro atoms. The largest absolute Gasteiger partial charge is 0.318 e. The number of aromatic amines is 1. The lowest BCUT2D eigenvalue weighted by molar-refractivity contribution is 0.102. The molecule has 0 aliphatic carbocycles. The van der Waals surface area contributed by atoms with E-state index in [0.29, 0.717) is 0 Å². The molecular formula is C13H14FN3O. The van der Waals surface area contributed by atoms with E-state index in [1.165, 1.54) is 12.1 Å². The van der Waals surface area contributed by atoms with Crippen LogP contribution < -0.4 is 5.32 Å². The number of hydrogen-bond donors (Lipinski definition) is 2. The van der Waals surface area contributed by atoms with Crippen molar-refractivity contribution in [2.45, 2.75) is 19.8 Å². The van der Waals surface area contributed by atoms with Gasteiger partial charge in [0, 0.05) is 5.69 Å². The first-order valence-electron chi connectivity index (χ1n) is 5.81. The van der Waals surface area contributed by atoms with Gasteiger partial charge in [0.15, 0.2) is 5.69 Å². The summed E-state index contributed by atoms with van der Waals surface area (Å²) < 4.78 is 13.3. The summed E-state index contributed by atoms with van der Waals surface area (Å²) in [7, 11) is 0. The van der Waals surface area contributed by atoms with Crippen LogP contribution in [0.1, 0.15) is 29.5 Å². The molecule has 2 aromatic rings. The molecule has 0 aliphatic rings. The molecule has 18 heavy (non-hydrogen) atoms. The van der Waals surface area contributed by atoms with E-state index in [1.54, 1.807) is 18.2 Å². The van der Waals surface area contributed by atoms with Gasteiger partial charge < -0.3 is 5.32 Å². The van der Waals surface area contributed by atoms with Gasteiger partial charge in [0.25, 0.3) is 5.91 Å². The maximum atomic E-state index is 13.3. The van der Waals surface area contributed by atoms with Crippen molar-refractivity contribution in [2.75, 3.05) is 5.32 Å². The van der Waals surface area contributed by atoms with E-state index in [-0.39, 0.29) is 11.4 Å². The van der Waals surface area contributed by atoms with Gasteiger partial charge >= 0.3 is 0 Å². The van der Waals surface area contributed by atoms with Gasteiger partial charge in [0.2, 0.25) is 0 Å². The summed E-state index contributed by atoms with van der Waals surface area (Å²) >= 11 is 0. The second-order valence-electron chi connectivity index (χ2n) is 3.96. The van der Waals surface area contributed by atoms with Crippen molar-refractivity contribution in [1.82, 2.24) is 10.2 Å². The second kappa shape index (κ2) is 5.44. The van der Waals surface area contributed by atoms with Crippen LogP contribution in [0.15, 0.2) is 30.3 Å². The fourth-order valence-corrected chi connectivity index (χ4v) is 1.62. The fraction of sp³-hybridized carbons (Fsp3) is 0.231.